The standard InChI is InChI=1S/C19H26N4OS/c24-19(21-11-15-13-25-18-6-2-1-5-16(15)18)12-23-17(7-9-22-23)14-4-3-8-20-10-14/h7,9,13-14,20H,1-6,8,10-12H2,(H,21,24)/t14-/m1/s1. The molecule has 1 aliphatic carbocycles. The molecule has 1 aliphatic heterocycles. The summed E-state index contributed by atoms with van der Waals surface area (Å²) >= 11 is 1.85. The molecule has 6 heteroatoms. The van der Waals surface area contributed by atoms with Crippen molar-refractivity contribution in [1.82, 2.24) is 20.4 Å². The molecule has 0 aromatic carbocycles. The largest absolute Gasteiger partial charge is 0.350 e. The molecule has 0 saturated carbocycles. The van der Waals surface area contributed by atoms with E-state index in [2.05, 4.69) is 27.2 Å². The number of carbonyl (C=O) groups excluding carboxylic acids is 1. The maximum atomic E-state index is 12.4. The lowest BCUT2D eigenvalue weighted by atomic mass is 9.96. The van der Waals surface area contributed by atoms with Crippen LogP contribution in [0.3, 0.4) is 0 Å². The van der Waals surface area contributed by atoms with Gasteiger partial charge in [0.15, 0.2) is 0 Å². The Kier molecular flexibility index (Phi) is 5.17. The van der Waals surface area contributed by atoms with Crippen LogP contribution in [0.25, 0.3) is 0 Å². The quantitative estimate of drug-likeness (QED) is 0.864. The van der Waals surface area contributed by atoms with Gasteiger partial charge in [0, 0.05) is 35.8 Å². The van der Waals surface area contributed by atoms with Crippen molar-refractivity contribution in [3.63, 3.8) is 0 Å². The summed E-state index contributed by atoms with van der Waals surface area (Å²) in [4.78, 5) is 13.9. The molecular weight excluding hydrogens is 332 g/mol. The van der Waals surface area contributed by atoms with Gasteiger partial charge in [0.25, 0.3) is 0 Å². The Morgan fingerprint density at radius 3 is 3.16 bits per heavy atom. The van der Waals surface area contributed by atoms with Crippen molar-refractivity contribution in [3.8, 4) is 0 Å². The lowest BCUT2D eigenvalue weighted by Crippen LogP contribution is -2.32. The van der Waals surface area contributed by atoms with Gasteiger partial charge in [0.05, 0.1) is 0 Å². The Morgan fingerprint density at radius 1 is 1.36 bits per heavy atom. The third kappa shape index (κ3) is 3.80. The van der Waals surface area contributed by atoms with E-state index in [4.69, 9.17) is 0 Å². The van der Waals surface area contributed by atoms with Crippen molar-refractivity contribution in [3.05, 3.63) is 39.3 Å². The molecule has 0 unspecified atom stereocenters. The van der Waals surface area contributed by atoms with Crippen LogP contribution in [0.1, 0.15) is 53.3 Å². The molecule has 134 valence electrons. The summed E-state index contributed by atoms with van der Waals surface area (Å²) in [5, 5.41) is 13.1. The topological polar surface area (TPSA) is 59.0 Å². The van der Waals surface area contributed by atoms with E-state index in [0.717, 1.165) is 13.1 Å². The van der Waals surface area contributed by atoms with E-state index in [1.807, 2.05) is 22.2 Å². The predicted octanol–water partition coefficient (Wildman–Crippen LogP) is 2.61. The molecular formula is C19H26N4OS. The summed E-state index contributed by atoms with van der Waals surface area (Å²) in [6.45, 7) is 3.03. The number of thiophene rings is 1. The van der Waals surface area contributed by atoms with Crippen LogP contribution in [0.15, 0.2) is 17.6 Å². The number of hydrogen-bond acceptors (Lipinski definition) is 4. The Balaban J connectivity index is 1.35. The molecule has 0 radical (unpaired) electrons. The van der Waals surface area contributed by atoms with Gasteiger partial charge in [-0.25, -0.2) is 0 Å². The average Bonchev–Trinajstić information content (AvgIpc) is 3.27. The molecule has 2 N–H and O–H groups in total. The molecule has 2 aromatic heterocycles. The minimum atomic E-state index is 0.0458. The van der Waals surface area contributed by atoms with Crippen molar-refractivity contribution in [1.29, 1.82) is 0 Å². The van der Waals surface area contributed by atoms with Crippen LogP contribution in [0.4, 0.5) is 0 Å². The van der Waals surface area contributed by atoms with E-state index < -0.39 is 0 Å². The summed E-state index contributed by atoms with van der Waals surface area (Å²) in [5.74, 6) is 0.512. The zero-order chi connectivity index (χ0) is 17.1. The summed E-state index contributed by atoms with van der Waals surface area (Å²) in [6, 6.07) is 2.06. The molecule has 3 heterocycles. The summed E-state index contributed by atoms with van der Waals surface area (Å²) < 4.78 is 1.87. The highest BCUT2D eigenvalue weighted by Crippen LogP contribution is 2.30. The van der Waals surface area contributed by atoms with Gasteiger partial charge in [0.2, 0.25) is 5.91 Å². The van der Waals surface area contributed by atoms with E-state index in [0.29, 0.717) is 19.0 Å². The highest BCUT2D eigenvalue weighted by Gasteiger charge is 2.20. The first-order valence-electron chi connectivity index (χ1n) is 9.38. The Labute approximate surface area is 152 Å². The second-order valence-electron chi connectivity index (χ2n) is 7.10. The van der Waals surface area contributed by atoms with Crippen LogP contribution < -0.4 is 10.6 Å². The van der Waals surface area contributed by atoms with Crippen LogP contribution in [-0.4, -0.2) is 28.8 Å². The maximum Gasteiger partial charge on any atom is 0.242 e. The molecule has 25 heavy (non-hydrogen) atoms. The van der Waals surface area contributed by atoms with Gasteiger partial charge < -0.3 is 10.6 Å². The molecule has 5 nitrogen and oxygen atoms in total. The Hall–Kier alpha value is -1.66. The minimum Gasteiger partial charge on any atom is -0.350 e. The minimum absolute atomic E-state index is 0.0458. The molecule has 0 spiro atoms. The predicted molar refractivity (Wildman–Crippen MR) is 99.9 cm³/mol. The average molecular weight is 359 g/mol. The number of carbonyl (C=O) groups is 1. The van der Waals surface area contributed by atoms with E-state index >= 15 is 0 Å². The fourth-order valence-corrected chi connectivity index (χ4v) is 5.17. The molecule has 1 saturated heterocycles. The highest BCUT2D eigenvalue weighted by atomic mass is 32.1. The summed E-state index contributed by atoms with van der Waals surface area (Å²) in [5.41, 5.74) is 3.98. The number of aryl methyl sites for hydroxylation is 1. The third-order valence-electron chi connectivity index (χ3n) is 5.38. The fourth-order valence-electron chi connectivity index (χ4n) is 4.02. The van der Waals surface area contributed by atoms with E-state index in [1.165, 1.54) is 60.2 Å². The number of nitrogens with one attached hydrogen (secondary N) is 2. The van der Waals surface area contributed by atoms with Crippen molar-refractivity contribution in [2.75, 3.05) is 13.1 Å². The van der Waals surface area contributed by atoms with Crippen molar-refractivity contribution < 1.29 is 4.79 Å². The van der Waals surface area contributed by atoms with Gasteiger partial charge >= 0.3 is 0 Å². The van der Waals surface area contributed by atoms with E-state index in [9.17, 15) is 4.79 Å². The van der Waals surface area contributed by atoms with Gasteiger partial charge in [-0.1, -0.05) is 0 Å². The number of piperidine rings is 1. The molecule has 4 rings (SSSR count). The van der Waals surface area contributed by atoms with Crippen LogP contribution in [-0.2, 0) is 30.7 Å². The van der Waals surface area contributed by atoms with Crippen LogP contribution in [0, 0.1) is 0 Å². The molecule has 2 aliphatic rings. The van der Waals surface area contributed by atoms with Gasteiger partial charge in [-0.2, -0.15) is 5.10 Å². The summed E-state index contributed by atoms with van der Waals surface area (Å²) in [6.07, 6.45) is 9.12. The van der Waals surface area contributed by atoms with Crippen molar-refractivity contribution in [2.24, 2.45) is 0 Å². The number of fused-ring (bicyclic) bond motifs is 1. The van der Waals surface area contributed by atoms with Gasteiger partial charge in [-0.3, -0.25) is 9.48 Å². The zero-order valence-corrected chi connectivity index (χ0v) is 15.4. The second kappa shape index (κ2) is 7.70. The molecule has 1 amide bonds. The molecule has 1 atom stereocenters. The number of amides is 1. The maximum absolute atomic E-state index is 12.4. The summed E-state index contributed by atoms with van der Waals surface area (Å²) in [7, 11) is 0. The first kappa shape index (κ1) is 16.8. The Bertz CT molecular complexity index is 730. The van der Waals surface area contributed by atoms with Crippen molar-refractivity contribution in [2.45, 2.75) is 57.5 Å². The molecule has 2 aromatic rings. The van der Waals surface area contributed by atoms with Crippen LogP contribution in [0.5, 0.6) is 0 Å². The van der Waals surface area contributed by atoms with Crippen LogP contribution >= 0.6 is 11.3 Å². The van der Waals surface area contributed by atoms with Gasteiger partial charge in [0.1, 0.15) is 6.54 Å². The fraction of sp³-hybridized carbons (Fsp3) is 0.579. The van der Waals surface area contributed by atoms with Gasteiger partial charge in [-0.15, -0.1) is 11.3 Å². The second-order valence-corrected chi connectivity index (χ2v) is 8.07. The lowest BCUT2D eigenvalue weighted by molar-refractivity contribution is -0.122. The normalized spacial score (nSPS) is 20.2. The van der Waals surface area contributed by atoms with E-state index in [-0.39, 0.29) is 5.91 Å². The zero-order valence-electron chi connectivity index (χ0n) is 14.6. The lowest BCUT2D eigenvalue weighted by Gasteiger charge is -2.23. The molecule has 0 bridgehead atoms. The van der Waals surface area contributed by atoms with Crippen LogP contribution in [0.2, 0.25) is 0 Å². The number of hydrogen-bond donors (Lipinski definition) is 2. The number of rotatable bonds is 5. The SMILES string of the molecule is O=C(Cn1nccc1[C@@H]1CCCNC1)NCc1csc2c1CCCC2. The highest BCUT2D eigenvalue weighted by molar-refractivity contribution is 7.10. The molecule has 1 fully saturated rings. The first-order valence-corrected chi connectivity index (χ1v) is 10.3. The Morgan fingerprint density at radius 2 is 2.28 bits per heavy atom. The first-order chi connectivity index (χ1) is 12.3. The number of aromatic nitrogens is 2. The third-order valence-corrected chi connectivity index (χ3v) is 6.52. The van der Waals surface area contributed by atoms with Crippen molar-refractivity contribution >= 4 is 17.2 Å². The number of nitrogens with zero attached hydrogens (tertiary/aromatic N) is 2. The smallest absolute Gasteiger partial charge is 0.242 e. The van der Waals surface area contributed by atoms with Gasteiger partial charge in [-0.05, 0) is 67.6 Å². The van der Waals surface area contributed by atoms with E-state index in [1.54, 1.807) is 0 Å². The monoisotopic (exact) mass is 358 g/mol.